The maximum atomic E-state index is 6.81. The van der Waals surface area contributed by atoms with E-state index < -0.39 is 0 Å². The van der Waals surface area contributed by atoms with E-state index in [1.807, 2.05) is 38.0 Å². The first-order valence-corrected chi connectivity index (χ1v) is 11.8. The highest BCUT2D eigenvalue weighted by Gasteiger charge is 2.36. The Morgan fingerprint density at radius 2 is 1.50 bits per heavy atom. The summed E-state index contributed by atoms with van der Waals surface area (Å²) >= 11 is 8.34. The van der Waals surface area contributed by atoms with Gasteiger partial charge in [0.05, 0.1) is 0 Å². The molecule has 0 fully saturated rings. The molecule has 1 aromatic carbocycles. The van der Waals surface area contributed by atoms with Gasteiger partial charge in [0.25, 0.3) is 0 Å². The minimum absolute atomic E-state index is 0.166. The minimum Gasteiger partial charge on any atom is -0.370 e. The lowest BCUT2D eigenvalue weighted by molar-refractivity contribution is 0.793. The Bertz CT molecular complexity index is 1130. The lowest BCUT2D eigenvalue weighted by Crippen LogP contribution is -2.22. The van der Waals surface area contributed by atoms with E-state index in [0.29, 0.717) is 17.0 Å². The van der Waals surface area contributed by atoms with Crippen LogP contribution in [0.5, 0.6) is 0 Å². The molecule has 3 aromatic rings. The van der Waals surface area contributed by atoms with Crippen LogP contribution in [-0.2, 0) is 0 Å². The van der Waals surface area contributed by atoms with Crippen molar-refractivity contribution in [2.24, 2.45) is 0 Å². The third-order valence-corrected chi connectivity index (χ3v) is 6.57. The Morgan fingerprint density at radius 1 is 0.906 bits per heavy atom. The molecule has 0 spiro atoms. The zero-order chi connectivity index (χ0) is 23.0. The topological polar surface area (TPSA) is 70.1 Å². The van der Waals surface area contributed by atoms with E-state index in [4.69, 9.17) is 26.6 Å². The van der Waals surface area contributed by atoms with Gasteiger partial charge >= 0.3 is 0 Å². The normalized spacial score (nSPS) is 14.5. The van der Waals surface area contributed by atoms with Crippen LogP contribution in [0, 0.1) is 6.92 Å². The van der Waals surface area contributed by atoms with Crippen molar-refractivity contribution in [1.82, 2.24) is 19.9 Å². The SMILES string of the molecule is CCCNc1nc(N(C)C)nc2c1C(c1ccc(C)cc1)c1c(Cl)nc(N(C)C)nc1S2. The highest BCUT2D eigenvalue weighted by molar-refractivity contribution is 7.99. The lowest BCUT2D eigenvalue weighted by atomic mass is 9.86. The van der Waals surface area contributed by atoms with Gasteiger partial charge in [-0.3, -0.25) is 0 Å². The van der Waals surface area contributed by atoms with Gasteiger partial charge in [-0.05, 0) is 30.7 Å². The average Bonchev–Trinajstić information content (AvgIpc) is 2.76. The molecule has 0 aliphatic carbocycles. The average molecular weight is 470 g/mol. The third kappa shape index (κ3) is 4.21. The van der Waals surface area contributed by atoms with Gasteiger partial charge in [-0.25, -0.2) is 15.0 Å². The molecule has 7 nitrogen and oxygen atoms in total. The van der Waals surface area contributed by atoms with E-state index >= 15 is 0 Å². The molecule has 1 atom stereocenters. The molecule has 0 radical (unpaired) electrons. The van der Waals surface area contributed by atoms with Gasteiger partial charge in [0.1, 0.15) is 21.0 Å². The molecule has 32 heavy (non-hydrogen) atoms. The van der Waals surface area contributed by atoms with Crippen molar-refractivity contribution in [2.75, 3.05) is 49.9 Å². The second kappa shape index (κ2) is 9.11. The number of nitrogens with zero attached hydrogens (tertiary/aromatic N) is 6. The van der Waals surface area contributed by atoms with E-state index in [0.717, 1.165) is 45.5 Å². The molecule has 1 N–H and O–H groups in total. The van der Waals surface area contributed by atoms with Gasteiger partial charge in [-0.15, -0.1) is 0 Å². The standard InChI is InChI=1S/C23H28ClN7S/c1-7-12-25-19-17-15(14-10-8-13(2)9-11-14)16-18(24)26-22(30(3)4)28-20(16)32-21(17)29-23(27-19)31(5)6/h8-11,15H,7,12H2,1-6H3,(H,25,27,29). The summed E-state index contributed by atoms with van der Waals surface area (Å²) in [6.45, 7) is 5.04. The molecule has 1 unspecified atom stereocenters. The first-order chi connectivity index (χ1) is 15.3. The number of nitrogens with one attached hydrogen (secondary N) is 1. The Hall–Kier alpha value is -2.58. The zero-order valence-corrected chi connectivity index (χ0v) is 20.8. The molecule has 3 heterocycles. The summed E-state index contributed by atoms with van der Waals surface area (Å²) in [5.41, 5.74) is 4.24. The van der Waals surface area contributed by atoms with Gasteiger partial charge in [0.2, 0.25) is 11.9 Å². The van der Waals surface area contributed by atoms with Gasteiger partial charge in [-0.1, -0.05) is 48.4 Å². The Kier molecular flexibility index (Phi) is 6.44. The smallest absolute Gasteiger partial charge is 0.227 e. The van der Waals surface area contributed by atoms with Crippen LogP contribution < -0.4 is 15.1 Å². The van der Waals surface area contributed by atoms with Crippen molar-refractivity contribution in [3.05, 3.63) is 51.7 Å². The Labute approximate surface area is 198 Å². The Balaban J connectivity index is 2.00. The van der Waals surface area contributed by atoms with Gasteiger partial charge < -0.3 is 15.1 Å². The number of aromatic nitrogens is 4. The van der Waals surface area contributed by atoms with Crippen molar-refractivity contribution >= 4 is 41.1 Å². The number of benzene rings is 1. The number of anilines is 3. The fourth-order valence-electron chi connectivity index (χ4n) is 3.61. The van der Waals surface area contributed by atoms with Crippen molar-refractivity contribution in [3.63, 3.8) is 0 Å². The van der Waals surface area contributed by atoms with Crippen LogP contribution in [-0.4, -0.2) is 54.7 Å². The molecule has 0 saturated carbocycles. The molecule has 0 saturated heterocycles. The third-order valence-electron chi connectivity index (χ3n) is 5.28. The number of rotatable bonds is 6. The molecule has 0 amide bonds. The van der Waals surface area contributed by atoms with Crippen LogP contribution in [0.4, 0.5) is 17.7 Å². The largest absolute Gasteiger partial charge is 0.370 e. The van der Waals surface area contributed by atoms with E-state index in [9.17, 15) is 0 Å². The summed E-state index contributed by atoms with van der Waals surface area (Å²) in [5, 5.41) is 5.70. The van der Waals surface area contributed by atoms with Crippen molar-refractivity contribution in [2.45, 2.75) is 36.2 Å². The van der Waals surface area contributed by atoms with Crippen LogP contribution in [0.2, 0.25) is 5.15 Å². The Morgan fingerprint density at radius 3 is 2.09 bits per heavy atom. The van der Waals surface area contributed by atoms with Crippen LogP contribution >= 0.6 is 23.4 Å². The van der Waals surface area contributed by atoms with Crippen molar-refractivity contribution in [3.8, 4) is 0 Å². The molecule has 2 aromatic heterocycles. The zero-order valence-electron chi connectivity index (χ0n) is 19.3. The number of aryl methyl sites for hydroxylation is 1. The monoisotopic (exact) mass is 469 g/mol. The molecular formula is C23H28ClN7S. The molecule has 4 rings (SSSR count). The van der Waals surface area contributed by atoms with Crippen LogP contribution in [0.25, 0.3) is 0 Å². The first-order valence-electron chi connectivity index (χ1n) is 10.6. The first kappa shape index (κ1) is 22.6. The van der Waals surface area contributed by atoms with E-state index in [2.05, 4.69) is 48.4 Å². The number of halogens is 1. The van der Waals surface area contributed by atoms with Gasteiger partial charge in [0, 0.05) is 51.8 Å². The van der Waals surface area contributed by atoms with E-state index in [-0.39, 0.29) is 5.92 Å². The summed E-state index contributed by atoms with van der Waals surface area (Å²) in [6.07, 6.45) is 0.991. The summed E-state index contributed by atoms with van der Waals surface area (Å²) in [4.78, 5) is 23.0. The number of fused-ring (bicyclic) bond motifs is 2. The summed E-state index contributed by atoms with van der Waals surface area (Å²) < 4.78 is 0. The van der Waals surface area contributed by atoms with Crippen LogP contribution in [0.1, 0.15) is 41.5 Å². The summed E-state index contributed by atoms with van der Waals surface area (Å²) in [6, 6.07) is 8.52. The molecule has 1 aliphatic heterocycles. The summed E-state index contributed by atoms with van der Waals surface area (Å²) in [7, 11) is 7.73. The second-order valence-corrected chi connectivity index (χ2v) is 9.62. The van der Waals surface area contributed by atoms with Crippen LogP contribution in [0.3, 0.4) is 0 Å². The van der Waals surface area contributed by atoms with Gasteiger partial charge in [0.15, 0.2) is 0 Å². The van der Waals surface area contributed by atoms with E-state index in [1.54, 1.807) is 0 Å². The second-order valence-electron chi connectivity index (χ2n) is 8.29. The minimum atomic E-state index is -0.166. The predicted octanol–water partition coefficient (Wildman–Crippen LogP) is 4.83. The molecule has 1 aliphatic rings. The van der Waals surface area contributed by atoms with Gasteiger partial charge in [-0.2, -0.15) is 4.98 Å². The molecule has 168 valence electrons. The van der Waals surface area contributed by atoms with Crippen molar-refractivity contribution < 1.29 is 0 Å². The summed E-state index contributed by atoms with van der Waals surface area (Å²) in [5.74, 6) is 1.91. The van der Waals surface area contributed by atoms with E-state index in [1.165, 1.54) is 17.3 Å². The predicted molar refractivity (Wildman–Crippen MR) is 133 cm³/mol. The highest BCUT2D eigenvalue weighted by atomic mass is 35.5. The van der Waals surface area contributed by atoms with Crippen LogP contribution in [0.15, 0.2) is 34.3 Å². The quantitative estimate of drug-likeness (QED) is 0.403. The lowest BCUT2D eigenvalue weighted by Gasteiger charge is -2.30. The maximum Gasteiger partial charge on any atom is 0.227 e. The molecule has 9 heteroatoms. The molecule has 0 bridgehead atoms. The number of hydrogen-bond donors (Lipinski definition) is 1. The molecular weight excluding hydrogens is 442 g/mol. The van der Waals surface area contributed by atoms with Crippen molar-refractivity contribution in [1.29, 1.82) is 0 Å². The highest BCUT2D eigenvalue weighted by Crippen LogP contribution is 2.51. The fraction of sp³-hybridized carbons (Fsp3) is 0.391. The fourth-order valence-corrected chi connectivity index (χ4v) is 5.03. The number of hydrogen-bond acceptors (Lipinski definition) is 8. The maximum absolute atomic E-state index is 6.81.